The molecule has 1 atom stereocenters. The Morgan fingerprint density at radius 2 is 2.33 bits per heavy atom. The van der Waals surface area contributed by atoms with Crippen LogP contribution in [-0.2, 0) is 4.79 Å². The summed E-state index contributed by atoms with van der Waals surface area (Å²) >= 11 is 0. The van der Waals surface area contributed by atoms with Crippen molar-refractivity contribution in [2.75, 3.05) is 12.4 Å². The standard InChI is InChI=1S/C12H10FN5O3/c1-21-10-3-2-6(4-7(10)13)9-5-8(11(19)20)14-12-15-16-17-18(9)12/h2-5,9H,1H3,(H,19,20)(H,14,15,17). The summed E-state index contributed by atoms with van der Waals surface area (Å²) in [6.45, 7) is 0. The highest BCUT2D eigenvalue weighted by atomic mass is 19.1. The van der Waals surface area contributed by atoms with Crippen LogP contribution in [0.5, 0.6) is 5.75 Å². The van der Waals surface area contributed by atoms with Crippen molar-refractivity contribution in [1.29, 1.82) is 0 Å². The highest BCUT2D eigenvalue weighted by Gasteiger charge is 2.26. The number of methoxy groups -OCH3 is 1. The third-order valence-electron chi connectivity index (χ3n) is 3.08. The maximum atomic E-state index is 13.8. The second-order valence-corrected chi connectivity index (χ2v) is 4.30. The first-order chi connectivity index (χ1) is 10.1. The minimum Gasteiger partial charge on any atom is -0.494 e. The Labute approximate surface area is 117 Å². The highest BCUT2D eigenvalue weighted by Crippen LogP contribution is 2.30. The largest absolute Gasteiger partial charge is 0.494 e. The van der Waals surface area contributed by atoms with Crippen LogP contribution >= 0.6 is 0 Å². The van der Waals surface area contributed by atoms with E-state index >= 15 is 0 Å². The van der Waals surface area contributed by atoms with Crippen LogP contribution in [0.15, 0.2) is 30.0 Å². The third kappa shape index (κ3) is 2.18. The molecule has 1 aliphatic heterocycles. The van der Waals surface area contributed by atoms with Gasteiger partial charge in [0.1, 0.15) is 11.7 Å². The first-order valence-electron chi connectivity index (χ1n) is 5.93. The van der Waals surface area contributed by atoms with Crippen molar-refractivity contribution in [2.24, 2.45) is 0 Å². The molecule has 2 aromatic rings. The van der Waals surface area contributed by atoms with Gasteiger partial charge < -0.3 is 15.2 Å². The maximum Gasteiger partial charge on any atom is 0.352 e. The molecule has 21 heavy (non-hydrogen) atoms. The Hall–Kier alpha value is -2.97. The number of anilines is 1. The molecule has 3 rings (SSSR count). The Morgan fingerprint density at radius 3 is 3.00 bits per heavy atom. The van der Waals surface area contributed by atoms with Gasteiger partial charge in [0, 0.05) is 0 Å². The van der Waals surface area contributed by atoms with Crippen molar-refractivity contribution in [3.63, 3.8) is 0 Å². The molecule has 2 N–H and O–H groups in total. The Morgan fingerprint density at radius 1 is 1.52 bits per heavy atom. The lowest BCUT2D eigenvalue weighted by molar-refractivity contribution is -0.132. The van der Waals surface area contributed by atoms with E-state index in [-0.39, 0.29) is 17.4 Å². The van der Waals surface area contributed by atoms with E-state index in [1.807, 2.05) is 0 Å². The number of carboxylic acids is 1. The van der Waals surface area contributed by atoms with Crippen molar-refractivity contribution in [1.82, 2.24) is 20.2 Å². The lowest BCUT2D eigenvalue weighted by atomic mass is 10.0. The number of rotatable bonds is 3. The number of ether oxygens (including phenoxy) is 1. The lowest BCUT2D eigenvalue weighted by Crippen LogP contribution is -2.24. The van der Waals surface area contributed by atoms with E-state index in [0.29, 0.717) is 5.56 Å². The maximum absolute atomic E-state index is 13.8. The van der Waals surface area contributed by atoms with Gasteiger partial charge in [0.15, 0.2) is 11.6 Å². The second kappa shape index (κ2) is 4.85. The number of allylic oxidation sites excluding steroid dienone is 1. The molecule has 0 amide bonds. The minimum absolute atomic E-state index is 0.0708. The summed E-state index contributed by atoms with van der Waals surface area (Å²) in [6, 6.07) is 3.73. The molecule has 0 fully saturated rings. The Kier molecular flexibility index (Phi) is 3.01. The van der Waals surface area contributed by atoms with Crippen LogP contribution in [0.4, 0.5) is 10.3 Å². The normalized spacial score (nSPS) is 16.7. The quantitative estimate of drug-likeness (QED) is 0.862. The number of aromatic nitrogens is 4. The van der Waals surface area contributed by atoms with E-state index in [4.69, 9.17) is 9.84 Å². The molecular formula is C12H10FN5O3. The summed E-state index contributed by atoms with van der Waals surface area (Å²) in [4.78, 5) is 11.1. The molecule has 0 spiro atoms. The summed E-state index contributed by atoms with van der Waals surface area (Å²) < 4.78 is 20.1. The van der Waals surface area contributed by atoms with E-state index in [1.54, 1.807) is 6.07 Å². The zero-order chi connectivity index (χ0) is 15.0. The predicted octanol–water partition coefficient (Wildman–Crippen LogP) is 0.804. The number of benzene rings is 1. The Bertz CT molecular complexity index is 742. The average Bonchev–Trinajstić information content (AvgIpc) is 2.94. The number of nitrogens with zero attached hydrogens (tertiary/aromatic N) is 4. The van der Waals surface area contributed by atoms with Gasteiger partial charge in [0.2, 0.25) is 5.95 Å². The van der Waals surface area contributed by atoms with Crippen LogP contribution < -0.4 is 10.1 Å². The topological polar surface area (TPSA) is 102 Å². The average molecular weight is 291 g/mol. The lowest BCUT2D eigenvalue weighted by Gasteiger charge is -2.21. The number of tetrazole rings is 1. The summed E-state index contributed by atoms with van der Waals surface area (Å²) in [5.41, 5.74) is 0.431. The number of carbonyl (C=O) groups is 1. The van der Waals surface area contributed by atoms with Crippen molar-refractivity contribution in [2.45, 2.75) is 6.04 Å². The minimum atomic E-state index is -1.15. The fourth-order valence-corrected chi connectivity index (χ4v) is 2.08. The molecule has 0 saturated heterocycles. The van der Waals surface area contributed by atoms with Gasteiger partial charge in [0.05, 0.1) is 7.11 Å². The summed E-state index contributed by atoms with van der Waals surface area (Å²) in [7, 11) is 1.37. The van der Waals surface area contributed by atoms with E-state index in [0.717, 1.165) is 0 Å². The molecule has 1 aromatic carbocycles. The number of carboxylic acid groups (broad SMARTS) is 1. The molecule has 0 saturated carbocycles. The molecule has 108 valence electrons. The molecule has 1 unspecified atom stereocenters. The Balaban J connectivity index is 2.08. The molecule has 1 aromatic heterocycles. The van der Waals surface area contributed by atoms with Gasteiger partial charge >= 0.3 is 5.97 Å². The molecule has 0 radical (unpaired) electrons. The van der Waals surface area contributed by atoms with E-state index < -0.39 is 17.8 Å². The summed E-state index contributed by atoms with van der Waals surface area (Å²) in [6.07, 6.45) is 1.41. The molecule has 0 aliphatic carbocycles. The smallest absolute Gasteiger partial charge is 0.352 e. The number of fused-ring (bicyclic) bond motifs is 1. The van der Waals surface area contributed by atoms with Gasteiger partial charge in [-0.25, -0.2) is 9.18 Å². The van der Waals surface area contributed by atoms with E-state index in [2.05, 4.69) is 20.8 Å². The van der Waals surface area contributed by atoms with Crippen molar-refractivity contribution in [3.8, 4) is 5.75 Å². The second-order valence-electron chi connectivity index (χ2n) is 4.30. The summed E-state index contributed by atoms with van der Waals surface area (Å²) in [5.74, 6) is -1.42. The number of hydrogen-bond acceptors (Lipinski definition) is 6. The molecule has 2 heterocycles. The van der Waals surface area contributed by atoms with Crippen molar-refractivity contribution < 1.29 is 19.0 Å². The van der Waals surface area contributed by atoms with Crippen LogP contribution in [0.3, 0.4) is 0 Å². The van der Waals surface area contributed by atoms with Crippen LogP contribution in [-0.4, -0.2) is 38.4 Å². The molecular weight excluding hydrogens is 281 g/mol. The van der Waals surface area contributed by atoms with Crippen molar-refractivity contribution >= 4 is 11.9 Å². The zero-order valence-corrected chi connectivity index (χ0v) is 10.8. The van der Waals surface area contributed by atoms with Gasteiger partial charge in [-0.3, -0.25) is 0 Å². The van der Waals surface area contributed by atoms with Gasteiger partial charge in [-0.1, -0.05) is 11.2 Å². The van der Waals surface area contributed by atoms with Crippen LogP contribution in [0.25, 0.3) is 0 Å². The van der Waals surface area contributed by atoms with E-state index in [9.17, 15) is 9.18 Å². The van der Waals surface area contributed by atoms with E-state index in [1.165, 1.54) is 30.0 Å². The number of aliphatic carboxylic acids is 1. The third-order valence-corrected chi connectivity index (χ3v) is 3.08. The first-order valence-corrected chi connectivity index (χ1v) is 5.93. The van der Waals surface area contributed by atoms with Crippen LogP contribution in [0, 0.1) is 5.82 Å². The molecule has 0 bridgehead atoms. The SMILES string of the molecule is COc1ccc(C2C=C(C(=O)O)Nc3nnnn32)cc1F. The molecule has 9 heteroatoms. The zero-order valence-electron chi connectivity index (χ0n) is 10.8. The van der Waals surface area contributed by atoms with Gasteiger partial charge in [0.25, 0.3) is 0 Å². The van der Waals surface area contributed by atoms with Crippen LogP contribution in [0.1, 0.15) is 11.6 Å². The highest BCUT2D eigenvalue weighted by molar-refractivity contribution is 5.90. The fraction of sp³-hybridized carbons (Fsp3) is 0.167. The monoisotopic (exact) mass is 291 g/mol. The number of hydrogen-bond donors (Lipinski definition) is 2. The first kappa shape index (κ1) is 13.0. The van der Waals surface area contributed by atoms with Gasteiger partial charge in [-0.2, -0.15) is 4.68 Å². The van der Waals surface area contributed by atoms with Gasteiger partial charge in [-0.05, 0) is 34.2 Å². The van der Waals surface area contributed by atoms with Crippen molar-refractivity contribution in [3.05, 3.63) is 41.4 Å². The summed E-state index contributed by atoms with van der Waals surface area (Å²) in [5, 5.41) is 22.6. The predicted molar refractivity (Wildman–Crippen MR) is 68.2 cm³/mol. The fourth-order valence-electron chi connectivity index (χ4n) is 2.08. The molecule has 8 nitrogen and oxygen atoms in total. The van der Waals surface area contributed by atoms with Crippen LogP contribution in [0.2, 0.25) is 0 Å². The van der Waals surface area contributed by atoms with Gasteiger partial charge in [-0.15, -0.1) is 0 Å². The number of nitrogens with one attached hydrogen (secondary N) is 1. The number of halogens is 1. The molecule has 1 aliphatic rings.